The molecule has 0 saturated carbocycles. The Labute approximate surface area is 328 Å². The monoisotopic (exact) mass is 763 g/mol. The van der Waals surface area contributed by atoms with Gasteiger partial charge < -0.3 is 36.2 Å². The van der Waals surface area contributed by atoms with E-state index in [1.807, 2.05) is 109 Å². The van der Waals surface area contributed by atoms with Crippen LogP contribution >= 0.6 is 0 Å². The second-order valence-corrected chi connectivity index (χ2v) is 15.3. The molecule has 56 heavy (non-hydrogen) atoms. The van der Waals surface area contributed by atoms with Gasteiger partial charge in [-0.05, 0) is 45.2 Å². The molecule has 0 saturated heterocycles. The summed E-state index contributed by atoms with van der Waals surface area (Å²) in [5, 5.41) is 37.9. The molecule has 0 radical (unpaired) electrons. The van der Waals surface area contributed by atoms with Crippen LogP contribution in [0.25, 0.3) is 0 Å². The van der Waals surface area contributed by atoms with Crippen molar-refractivity contribution < 1.29 is 34.1 Å². The zero-order chi connectivity index (χ0) is 40.2. The fourth-order valence-electron chi connectivity index (χ4n) is 6.77. The number of benzene rings is 4. The van der Waals surface area contributed by atoms with E-state index in [-0.39, 0.29) is 25.5 Å². The molecule has 7 N–H and O–H groups in total. The Hall–Kier alpha value is -5.56. The summed E-state index contributed by atoms with van der Waals surface area (Å²) in [6.45, 7) is 7.43. The summed E-state index contributed by atoms with van der Waals surface area (Å²) in [7, 11) is 0. The van der Waals surface area contributed by atoms with Crippen molar-refractivity contribution in [3.63, 3.8) is 0 Å². The number of ether oxygens (including phenoxy) is 1. The van der Waals surface area contributed by atoms with Crippen LogP contribution < -0.4 is 26.6 Å². The Morgan fingerprint density at radius 2 is 1.34 bits per heavy atom. The van der Waals surface area contributed by atoms with Crippen LogP contribution in [0.1, 0.15) is 67.1 Å². The molecule has 12 nitrogen and oxygen atoms in total. The zero-order valence-electron chi connectivity index (χ0n) is 32.3. The topological polar surface area (TPSA) is 178 Å². The van der Waals surface area contributed by atoms with Crippen LogP contribution in [0.2, 0.25) is 0 Å². The van der Waals surface area contributed by atoms with Gasteiger partial charge in [0.15, 0.2) is 0 Å². The number of hydrogen-bond donors (Lipinski definition) is 7. The van der Waals surface area contributed by atoms with Gasteiger partial charge in [0.1, 0.15) is 18.7 Å². The highest BCUT2D eigenvalue weighted by Crippen LogP contribution is 2.31. The molecular weight excluding hydrogens is 711 g/mol. The first-order chi connectivity index (χ1) is 26.8. The van der Waals surface area contributed by atoms with E-state index in [0.717, 1.165) is 33.4 Å². The van der Waals surface area contributed by atoms with Gasteiger partial charge in [-0.25, -0.2) is 4.79 Å². The SMILES string of the molecule is CC(=O)NCc1ccc(CN[C@@H](C(=O)N[C@H]2c3ccccc3C[C@H]2O)[C@H](O)[C@H](Cc2ccccc2)NC(=O)[C@@H](NC(=O)OCc2ccccc2)C(C)(C)C)cc1. The van der Waals surface area contributed by atoms with Crippen molar-refractivity contribution in [2.45, 2.75) is 96.6 Å². The number of aliphatic hydroxyl groups is 2. The molecule has 0 aromatic heterocycles. The van der Waals surface area contributed by atoms with Crippen LogP contribution in [0.4, 0.5) is 4.79 Å². The molecule has 1 aliphatic carbocycles. The number of carbonyl (C=O) groups is 4. The molecule has 4 aromatic rings. The molecule has 4 amide bonds. The largest absolute Gasteiger partial charge is 0.445 e. The van der Waals surface area contributed by atoms with Crippen LogP contribution in [0.5, 0.6) is 0 Å². The van der Waals surface area contributed by atoms with Gasteiger partial charge in [0.05, 0.1) is 24.3 Å². The predicted molar refractivity (Wildman–Crippen MR) is 213 cm³/mol. The van der Waals surface area contributed by atoms with Gasteiger partial charge in [-0.3, -0.25) is 19.7 Å². The van der Waals surface area contributed by atoms with E-state index in [9.17, 15) is 29.4 Å². The lowest BCUT2D eigenvalue weighted by atomic mass is 9.85. The average molecular weight is 764 g/mol. The van der Waals surface area contributed by atoms with Gasteiger partial charge in [0.25, 0.3) is 0 Å². The number of carbonyl (C=O) groups excluding carboxylic acids is 4. The van der Waals surface area contributed by atoms with Crippen molar-refractivity contribution in [1.82, 2.24) is 26.6 Å². The number of alkyl carbamates (subject to hydrolysis) is 1. The van der Waals surface area contributed by atoms with Gasteiger partial charge in [-0.2, -0.15) is 0 Å². The summed E-state index contributed by atoms with van der Waals surface area (Å²) in [5.74, 6) is -1.27. The molecule has 296 valence electrons. The molecular formula is C44H53N5O7. The second-order valence-electron chi connectivity index (χ2n) is 15.3. The van der Waals surface area contributed by atoms with Crippen molar-refractivity contribution in [3.05, 3.63) is 143 Å². The van der Waals surface area contributed by atoms with Crippen molar-refractivity contribution in [2.24, 2.45) is 5.41 Å². The number of amides is 4. The highest BCUT2D eigenvalue weighted by Gasteiger charge is 2.40. The predicted octanol–water partition coefficient (Wildman–Crippen LogP) is 3.98. The molecule has 12 heteroatoms. The quantitative estimate of drug-likeness (QED) is 0.0897. The first kappa shape index (κ1) is 41.6. The third-order valence-electron chi connectivity index (χ3n) is 9.86. The number of fused-ring (bicyclic) bond motifs is 1. The lowest BCUT2D eigenvalue weighted by Gasteiger charge is -2.35. The number of hydrogen-bond acceptors (Lipinski definition) is 8. The molecule has 5 rings (SSSR count). The number of rotatable bonds is 16. The summed E-state index contributed by atoms with van der Waals surface area (Å²) < 4.78 is 5.44. The minimum Gasteiger partial charge on any atom is -0.445 e. The van der Waals surface area contributed by atoms with Crippen LogP contribution in [0, 0.1) is 5.41 Å². The highest BCUT2D eigenvalue weighted by molar-refractivity contribution is 5.87. The van der Waals surface area contributed by atoms with Crippen molar-refractivity contribution in [3.8, 4) is 0 Å². The van der Waals surface area contributed by atoms with E-state index in [1.165, 1.54) is 6.92 Å². The van der Waals surface area contributed by atoms with Gasteiger partial charge >= 0.3 is 6.09 Å². The maximum absolute atomic E-state index is 14.3. The number of aliphatic hydroxyl groups excluding tert-OH is 2. The van der Waals surface area contributed by atoms with Crippen LogP contribution in [-0.4, -0.2) is 64.4 Å². The smallest absolute Gasteiger partial charge is 0.408 e. The molecule has 0 aliphatic heterocycles. The summed E-state index contributed by atoms with van der Waals surface area (Å²) in [6, 6.07) is 29.4. The Bertz CT molecular complexity index is 1920. The summed E-state index contributed by atoms with van der Waals surface area (Å²) in [6.07, 6.45) is -2.61. The fourth-order valence-corrected chi connectivity index (χ4v) is 6.77. The first-order valence-electron chi connectivity index (χ1n) is 18.9. The van der Waals surface area contributed by atoms with Gasteiger partial charge in [-0.15, -0.1) is 0 Å². The van der Waals surface area contributed by atoms with E-state index < -0.39 is 59.7 Å². The van der Waals surface area contributed by atoms with E-state index in [1.54, 1.807) is 20.8 Å². The molecule has 0 spiro atoms. The first-order valence-corrected chi connectivity index (χ1v) is 18.9. The van der Waals surface area contributed by atoms with Gasteiger partial charge in [0, 0.05) is 26.4 Å². The van der Waals surface area contributed by atoms with Crippen LogP contribution in [-0.2, 0) is 51.7 Å². The molecule has 1 aliphatic rings. The summed E-state index contributed by atoms with van der Waals surface area (Å²) in [5.41, 5.74) is 4.23. The fraction of sp³-hybridized carbons (Fsp3) is 0.364. The Morgan fingerprint density at radius 3 is 1.96 bits per heavy atom. The van der Waals surface area contributed by atoms with Crippen molar-refractivity contribution >= 4 is 23.8 Å². The maximum atomic E-state index is 14.3. The minimum atomic E-state index is -1.49. The van der Waals surface area contributed by atoms with Crippen molar-refractivity contribution in [1.29, 1.82) is 0 Å². The third kappa shape index (κ3) is 11.7. The van der Waals surface area contributed by atoms with Crippen molar-refractivity contribution in [2.75, 3.05) is 0 Å². The minimum absolute atomic E-state index is 0.0150. The molecule has 6 atom stereocenters. The number of nitrogens with one attached hydrogen (secondary N) is 5. The van der Waals surface area contributed by atoms with E-state index >= 15 is 0 Å². The summed E-state index contributed by atoms with van der Waals surface area (Å²) >= 11 is 0. The van der Waals surface area contributed by atoms with E-state index in [0.29, 0.717) is 13.0 Å². The highest BCUT2D eigenvalue weighted by atomic mass is 16.5. The van der Waals surface area contributed by atoms with E-state index in [4.69, 9.17) is 4.74 Å². The van der Waals surface area contributed by atoms with Gasteiger partial charge in [-0.1, -0.05) is 130 Å². The average Bonchev–Trinajstić information content (AvgIpc) is 3.49. The Morgan fingerprint density at radius 1 is 0.750 bits per heavy atom. The molecule has 4 aromatic carbocycles. The van der Waals surface area contributed by atoms with Crippen LogP contribution in [0.15, 0.2) is 109 Å². The Balaban J connectivity index is 1.40. The molecule has 0 heterocycles. The maximum Gasteiger partial charge on any atom is 0.408 e. The lowest BCUT2D eigenvalue weighted by Crippen LogP contribution is -2.62. The molecule has 0 unspecified atom stereocenters. The lowest BCUT2D eigenvalue weighted by molar-refractivity contribution is -0.131. The molecule has 0 fully saturated rings. The summed E-state index contributed by atoms with van der Waals surface area (Å²) in [4.78, 5) is 52.9. The molecule has 0 bridgehead atoms. The Kier molecular flexibility index (Phi) is 14.4. The second kappa shape index (κ2) is 19.3. The van der Waals surface area contributed by atoms with E-state index in [2.05, 4.69) is 26.6 Å². The van der Waals surface area contributed by atoms with Gasteiger partial charge in [0.2, 0.25) is 17.7 Å². The zero-order valence-corrected chi connectivity index (χ0v) is 32.3. The third-order valence-corrected chi connectivity index (χ3v) is 9.86. The normalized spacial score (nSPS) is 17.0. The van der Waals surface area contributed by atoms with Crippen LogP contribution in [0.3, 0.4) is 0 Å². The standard InChI is InChI=1S/C44H53N5O7/c1-28(50)45-25-30-19-21-31(22-20-30)26-46-38(41(53)48-37-34-18-12-11-17-33(34)24-36(37)51)39(52)35(23-29-13-7-5-8-14-29)47-42(54)40(44(2,3)4)49-43(55)56-27-32-15-9-6-10-16-32/h5-22,35-40,46,51-52H,23-27H2,1-4H3,(H,45,50)(H,47,54)(H,48,53)(H,49,55)/t35-,36+,37-,38+,39+,40+/m0/s1.